The molecular weight excluding hydrogens is 395 g/mol. The summed E-state index contributed by atoms with van der Waals surface area (Å²) in [5.74, 6) is -0.117. The van der Waals surface area contributed by atoms with Crippen LogP contribution >= 0.6 is 11.8 Å². The van der Waals surface area contributed by atoms with Gasteiger partial charge in [0.15, 0.2) is 0 Å². The van der Waals surface area contributed by atoms with Crippen LogP contribution in [0.4, 0.5) is 4.39 Å². The van der Waals surface area contributed by atoms with E-state index >= 15 is 0 Å². The van der Waals surface area contributed by atoms with Crippen molar-refractivity contribution in [3.63, 3.8) is 0 Å². The maximum Gasteiger partial charge on any atom is 0.215 e. The number of nitrogens with zero attached hydrogens (tertiary/aromatic N) is 1. The summed E-state index contributed by atoms with van der Waals surface area (Å²) < 4.78 is 40.3. The predicted molar refractivity (Wildman–Crippen MR) is 113 cm³/mol. The van der Waals surface area contributed by atoms with Crippen LogP contribution in [0.3, 0.4) is 0 Å². The zero-order valence-electron chi connectivity index (χ0n) is 16.1. The second kappa shape index (κ2) is 9.87. The molecule has 0 aliphatic carbocycles. The predicted octanol–water partition coefficient (Wildman–Crippen LogP) is 3.88. The summed E-state index contributed by atoms with van der Waals surface area (Å²) in [5, 5.41) is 0. The SMILES string of the molecule is CSc1ccccc1CN1CCC(CNS(=O)(=O)Cc2ccc(F)cc2)CC1. The van der Waals surface area contributed by atoms with E-state index in [0.29, 0.717) is 18.0 Å². The highest BCUT2D eigenvalue weighted by molar-refractivity contribution is 7.98. The lowest BCUT2D eigenvalue weighted by molar-refractivity contribution is 0.177. The van der Waals surface area contributed by atoms with E-state index in [4.69, 9.17) is 0 Å². The van der Waals surface area contributed by atoms with Crippen molar-refractivity contribution in [3.8, 4) is 0 Å². The second-order valence-electron chi connectivity index (χ2n) is 7.27. The Labute approximate surface area is 171 Å². The minimum atomic E-state index is -3.41. The van der Waals surface area contributed by atoms with Crippen LogP contribution in [0.25, 0.3) is 0 Å². The Bertz CT molecular complexity index is 864. The average Bonchev–Trinajstić information content (AvgIpc) is 2.69. The molecule has 0 atom stereocenters. The van der Waals surface area contributed by atoms with Crippen LogP contribution in [0.1, 0.15) is 24.0 Å². The zero-order valence-corrected chi connectivity index (χ0v) is 17.7. The molecule has 2 aromatic rings. The van der Waals surface area contributed by atoms with Crippen molar-refractivity contribution in [2.24, 2.45) is 5.92 Å². The van der Waals surface area contributed by atoms with E-state index in [-0.39, 0.29) is 11.6 Å². The lowest BCUT2D eigenvalue weighted by Gasteiger charge is -2.32. The van der Waals surface area contributed by atoms with Gasteiger partial charge < -0.3 is 0 Å². The first-order chi connectivity index (χ1) is 13.4. The Morgan fingerprint density at radius 3 is 2.46 bits per heavy atom. The Kier molecular flexibility index (Phi) is 7.51. The van der Waals surface area contributed by atoms with E-state index in [1.165, 1.54) is 34.7 Å². The lowest BCUT2D eigenvalue weighted by atomic mass is 9.97. The van der Waals surface area contributed by atoms with Gasteiger partial charge in [-0.25, -0.2) is 17.5 Å². The first-order valence-corrected chi connectivity index (χ1v) is 12.4. The number of benzene rings is 2. The number of hydrogen-bond donors (Lipinski definition) is 1. The summed E-state index contributed by atoms with van der Waals surface area (Å²) in [7, 11) is -3.41. The van der Waals surface area contributed by atoms with Crippen molar-refractivity contribution in [2.45, 2.75) is 30.0 Å². The van der Waals surface area contributed by atoms with Crippen LogP contribution < -0.4 is 4.72 Å². The van der Waals surface area contributed by atoms with Gasteiger partial charge in [0.05, 0.1) is 5.75 Å². The molecule has 1 N–H and O–H groups in total. The number of rotatable bonds is 8. The molecule has 152 valence electrons. The van der Waals surface area contributed by atoms with Crippen LogP contribution in [0.2, 0.25) is 0 Å². The third kappa shape index (κ3) is 6.30. The molecule has 0 unspecified atom stereocenters. The largest absolute Gasteiger partial charge is 0.299 e. The molecule has 0 saturated carbocycles. The molecule has 3 rings (SSSR count). The fraction of sp³-hybridized carbons (Fsp3) is 0.429. The molecule has 0 amide bonds. The average molecular weight is 423 g/mol. The molecule has 2 aromatic carbocycles. The molecule has 7 heteroatoms. The Hall–Kier alpha value is -1.41. The second-order valence-corrected chi connectivity index (χ2v) is 9.92. The molecule has 1 fully saturated rings. The van der Waals surface area contributed by atoms with E-state index < -0.39 is 10.0 Å². The standard InChI is InChI=1S/C21H27FN2O2S2/c1-27-21-5-3-2-4-19(21)15-24-12-10-17(11-13-24)14-23-28(25,26)16-18-6-8-20(22)9-7-18/h2-9,17,23H,10-16H2,1H3. The molecule has 1 aliphatic heterocycles. The highest BCUT2D eigenvalue weighted by atomic mass is 32.2. The number of halogens is 1. The fourth-order valence-corrected chi connectivity index (χ4v) is 5.35. The molecule has 0 radical (unpaired) electrons. The van der Waals surface area contributed by atoms with E-state index in [0.717, 1.165) is 32.5 Å². The van der Waals surface area contributed by atoms with Crippen LogP contribution in [0, 0.1) is 11.7 Å². The summed E-state index contributed by atoms with van der Waals surface area (Å²) in [5.41, 5.74) is 1.95. The summed E-state index contributed by atoms with van der Waals surface area (Å²) in [6.45, 7) is 3.37. The van der Waals surface area contributed by atoms with E-state index in [1.54, 1.807) is 11.8 Å². The van der Waals surface area contributed by atoms with Gasteiger partial charge in [-0.15, -0.1) is 11.8 Å². The van der Waals surface area contributed by atoms with Crippen molar-refractivity contribution in [2.75, 3.05) is 25.9 Å². The topological polar surface area (TPSA) is 49.4 Å². The summed E-state index contributed by atoms with van der Waals surface area (Å²) in [6, 6.07) is 14.1. The number of likely N-dealkylation sites (tertiary alicyclic amines) is 1. The van der Waals surface area contributed by atoms with Crippen molar-refractivity contribution in [1.82, 2.24) is 9.62 Å². The minimum absolute atomic E-state index is 0.113. The molecule has 0 bridgehead atoms. The minimum Gasteiger partial charge on any atom is -0.299 e. The molecule has 0 aromatic heterocycles. The summed E-state index contributed by atoms with van der Waals surface area (Å²) in [6.07, 6.45) is 4.07. The smallest absolute Gasteiger partial charge is 0.215 e. The van der Waals surface area contributed by atoms with Crippen LogP contribution in [0.15, 0.2) is 53.4 Å². The number of nitrogens with one attached hydrogen (secondary N) is 1. The molecular formula is C21H27FN2O2S2. The molecule has 0 spiro atoms. The molecule has 1 heterocycles. The van der Waals surface area contributed by atoms with Gasteiger partial charge in [-0.05, 0) is 67.4 Å². The van der Waals surface area contributed by atoms with Gasteiger partial charge in [0.25, 0.3) is 0 Å². The highest BCUT2D eigenvalue weighted by Crippen LogP contribution is 2.24. The van der Waals surface area contributed by atoms with Gasteiger partial charge in [-0.3, -0.25) is 4.90 Å². The molecule has 1 aliphatic rings. The Morgan fingerprint density at radius 2 is 1.79 bits per heavy atom. The normalized spacial score (nSPS) is 16.4. The van der Waals surface area contributed by atoms with Crippen molar-refractivity contribution < 1.29 is 12.8 Å². The summed E-state index contributed by atoms with van der Waals surface area (Å²) in [4.78, 5) is 3.76. The monoisotopic (exact) mass is 422 g/mol. The van der Waals surface area contributed by atoms with E-state index in [2.05, 4.69) is 40.1 Å². The van der Waals surface area contributed by atoms with Crippen LogP contribution in [-0.2, 0) is 22.3 Å². The first kappa shape index (κ1) is 21.3. The number of sulfonamides is 1. The third-order valence-electron chi connectivity index (χ3n) is 5.16. The van der Waals surface area contributed by atoms with Crippen LogP contribution in [-0.4, -0.2) is 39.2 Å². The maximum absolute atomic E-state index is 13.0. The van der Waals surface area contributed by atoms with Crippen molar-refractivity contribution in [1.29, 1.82) is 0 Å². The van der Waals surface area contributed by atoms with Gasteiger partial charge in [0.2, 0.25) is 10.0 Å². The number of piperidine rings is 1. The quantitative estimate of drug-likeness (QED) is 0.656. The fourth-order valence-electron chi connectivity index (χ4n) is 3.52. The highest BCUT2D eigenvalue weighted by Gasteiger charge is 2.22. The summed E-state index contributed by atoms with van der Waals surface area (Å²) >= 11 is 1.77. The van der Waals surface area contributed by atoms with Crippen molar-refractivity contribution >= 4 is 21.8 Å². The maximum atomic E-state index is 13.0. The van der Waals surface area contributed by atoms with Gasteiger partial charge in [0.1, 0.15) is 5.82 Å². The third-order valence-corrected chi connectivity index (χ3v) is 7.31. The van der Waals surface area contributed by atoms with Gasteiger partial charge >= 0.3 is 0 Å². The Balaban J connectivity index is 1.44. The molecule has 4 nitrogen and oxygen atoms in total. The van der Waals surface area contributed by atoms with Crippen LogP contribution in [0.5, 0.6) is 0 Å². The lowest BCUT2D eigenvalue weighted by Crippen LogP contribution is -2.38. The Morgan fingerprint density at radius 1 is 1.11 bits per heavy atom. The van der Waals surface area contributed by atoms with Gasteiger partial charge in [0, 0.05) is 18.0 Å². The van der Waals surface area contributed by atoms with Gasteiger partial charge in [-0.1, -0.05) is 30.3 Å². The number of thioether (sulfide) groups is 1. The van der Waals surface area contributed by atoms with Gasteiger partial charge in [-0.2, -0.15) is 0 Å². The molecule has 1 saturated heterocycles. The zero-order chi connectivity index (χ0) is 20.0. The van der Waals surface area contributed by atoms with Crippen molar-refractivity contribution in [3.05, 3.63) is 65.5 Å². The molecule has 28 heavy (non-hydrogen) atoms. The number of hydrogen-bond acceptors (Lipinski definition) is 4. The van der Waals surface area contributed by atoms with E-state index in [1.807, 2.05) is 0 Å². The first-order valence-electron chi connectivity index (χ1n) is 9.51. The van der Waals surface area contributed by atoms with E-state index in [9.17, 15) is 12.8 Å².